The second kappa shape index (κ2) is 5.11. The molecule has 100 valence electrons. The van der Waals surface area contributed by atoms with E-state index in [1.54, 1.807) is 0 Å². The Bertz CT molecular complexity index is 566. The summed E-state index contributed by atoms with van der Waals surface area (Å²) in [6.45, 7) is 4.64. The molecule has 19 heavy (non-hydrogen) atoms. The highest BCUT2D eigenvalue weighted by molar-refractivity contribution is 5.58. The maximum atomic E-state index is 5.89. The van der Waals surface area contributed by atoms with E-state index in [4.69, 9.17) is 10.3 Å². The fraction of sp³-hybridized carbons (Fsp3) is 0.429. The Hall–Kier alpha value is -1.72. The number of hydrogen-bond acceptors (Lipinski definition) is 5. The van der Waals surface area contributed by atoms with Crippen molar-refractivity contribution in [2.75, 3.05) is 13.1 Å². The molecule has 1 aromatic carbocycles. The van der Waals surface area contributed by atoms with E-state index >= 15 is 0 Å². The zero-order valence-electron chi connectivity index (χ0n) is 11.0. The number of rotatable bonds is 3. The summed E-state index contributed by atoms with van der Waals surface area (Å²) in [5.41, 5.74) is 8.06. The maximum Gasteiger partial charge on any atom is 0.241 e. The topological polar surface area (TPSA) is 68.2 Å². The monoisotopic (exact) mass is 258 g/mol. The van der Waals surface area contributed by atoms with Crippen LogP contribution in [-0.2, 0) is 6.54 Å². The molecule has 0 radical (unpaired) electrons. The molecule has 0 unspecified atom stereocenters. The summed E-state index contributed by atoms with van der Waals surface area (Å²) < 4.78 is 5.33. The van der Waals surface area contributed by atoms with Gasteiger partial charge in [-0.15, -0.1) is 0 Å². The van der Waals surface area contributed by atoms with Gasteiger partial charge in [0.2, 0.25) is 11.7 Å². The van der Waals surface area contributed by atoms with Gasteiger partial charge in [-0.3, -0.25) is 4.90 Å². The summed E-state index contributed by atoms with van der Waals surface area (Å²) in [6.07, 6.45) is 1.04. The van der Waals surface area contributed by atoms with Crippen molar-refractivity contribution in [2.45, 2.75) is 25.9 Å². The molecule has 1 fully saturated rings. The molecule has 0 amide bonds. The van der Waals surface area contributed by atoms with Crippen molar-refractivity contribution in [1.82, 2.24) is 15.0 Å². The normalized spacial score (nSPS) is 20.0. The van der Waals surface area contributed by atoms with Gasteiger partial charge in [-0.05, 0) is 18.9 Å². The quantitative estimate of drug-likeness (QED) is 0.905. The van der Waals surface area contributed by atoms with Crippen LogP contribution in [0.4, 0.5) is 0 Å². The van der Waals surface area contributed by atoms with Gasteiger partial charge in [-0.1, -0.05) is 29.4 Å². The van der Waals surface area contributed by atoms with E-state index in [2.05, 4.69) is 15.0 Å². The van der Waals surface area contributed by atoms with Gasteiger partial charge in [0.1, 0.15) is 0 Å². The first-order chi connectivity index (χ1) is 9.22. The fourth-order valence-corrected chi connectivity index (χ4v) is 2.45. The van der Waals surface area contributed by atoms with Crippen LogP contribution in [0.1, 0.15) is 17.9 Å². The highest BCUT2D eigenvalue weighted by atomic mass is 16.5. The molecule has 1 aliphatic heterocycles. The van der Waals surface area contributed by atoms with Crippen molar-refractivity contribution in [3.05, 3.63) is 35.7 Å². The number of aryl methyl sites for hydroxylation is 1. The van der Waals surface area contributed by atoms with Gasteiger partial charge in [0.15, 0.2) is 0 Å². The molecule has 1 aliphatic rings. The summed E-state index contributed by atoms with van der Waals surface area (Å²) >= 11 is 0. The molecule has 2 N–H and O–H groups in total. The number of nitrogens with two attached hydrogens (primary N) is 1. The third-order valence-corrected chi connectivity index (χ3v) is 3.52. The highest BCUT2D eigenvalue weighted by Gasteiger charge is 2.21. The standard InChI is InChI=1S/C14H18N4O/c1-10-4-2-3-5-12(10)14-16-13(19-17-14)9-18-7-6-11(15)8-18/h2-5,11H,6-9,15H2,1H3/t11-/m1/s1. The second-order valence-corrected chi connectivity index (χ2v) is 5.11. The van der Waals surface area contributed by atoms with Crippen LogP contribution in [0.15, 0.2) is 28.8 Å². The van der Waals surface area contributed by atoms with E-state index in [0.29, 0.717) is 18.3 Å². The Labute approximate surface area is 112 Å². The van der Waals surface area contributed by atoms with Crippen LogP contribution in [0.5, 0.6) is 0 Å². The van der Waals surface area contributed by atoms with E-state index in [-0.39, 0.29) is 6.04 Å². The Morgan fingerprint density at radius 2 is 2.26 bits per heavy atom. The molecule has 0 bridgehead atoms. The molecule has 0 aliphatic carbocycles. The van der Waals surface area contributed by atoms with Crippen LogP contribution in [0.25, 0.3) is 11.4 Å². The summed E-state index contributed by atoms with van der Waals surface area (Å²) in [4.78, 5) is 6.72. The molecule has 1 aromatic heterocycles. The van der Waals surface area contributed by atoms with Gasteiger partial charge in [-0.25, -0.2) is 0 Å². The summed E-state index contributed by atoms with van der Waals surface area (Å²) in [7, 11) is 0. The van der Waals surface area contributed by atoms with Crippen LogP contribution in [0, 0.1) is 6.92 Å². The Morgan fingerprint density at radius 1 is 1.42 bits per heavy atom. The first-order valence-corrected chi connectivity index (χ1v) is 6.59. The number of nitrogens with zero attached hydrogens (tertiary/aromatic N) is 3. The Kier molecular flexibility index (Phi) is 3.31. The lowest BCUT2D eigenvalue weighted by Crippen LogP contribution is -2.26. The number of benzene rings is 1. The van der Waals surface area contributed by atoms with Crippen molar-refractivity contribution < 1.29 is 4.52 Å². The zero-order chi connectivity index (χ0) is 13.2. The molecule has 2 aromatic rings. The molecule has 2 heterocycles. The van der Waals surface area contributed by atoms with Gasteiger partial charge in [0.25, 0.3) is 0 Å². The summed E-state index contributed by atoms with van der Waals surface area (Å²) in [5, 5.41) is 4.06. The van der Waals surface area contributed by atoms with Crippen molar-refractivity contribution in [1.29, 1.82) is 0 Å². The highest BCUT2D eigenvalue weighted by Crippen LogP contribution is 2.20. The minimum absolute atomic E-state index is 0.277. The third kappa shape index (κ3) is 2.67. The molecule has 1 atom stereocenters. The largest absolute Gasteiger partial charge is 0.338 e. The Balaban J connectivity index is 1.75. The zero-order valence-corrected chi connectivity index (χ0v) is 11.0. The second-order valence-electron chi connectivity index (χ2n) is 5.11. The van der Waals surface area contributed by atoms with Gasteiger partial charge in [0.05, 0.1) is 6.54 Å². The average Bonchev–Trinajstić information content (AvgIpc) is 3.00. The van der Waals surface area contributed by atoms with Crippen LogP contribution in [0.2, 0.25) is 0 Å². The van der Waals surface area contributed by atoms with Crippen molar-refractivity contribution in [3.8, 4) is 11.4 Å². The van der Waals surface area contributed by atoms with Crippen LogP contribution in [0.3, 0.4) is 0 Å². The molecular formula is C14H18N4O. The van der Waals surface area contributed by atoms with Crippen molar-refractivity contribution in [2.24, 2.45) is 5.73 Å². The maximum absolute atomic E-state index is 5.89. The summed E-state index contributed by atoms with van der Waals surface area (Å²) in [5.74, 6) is 1.32. The molecule has 5 nitrogen and oxygen atoms in total. The van der Waals surface area contributed by atoms with E-state index in [1.165, 1.54) is 0 Å². The SMILES string of the molecule is Cc1ccccc1-c1noc(CN2CC[C@@H](N)C2)n1. The smallest absolute Gasteiger partial charge is 0.241 e. The van der Waals surface area contributed by atoms with Crippen molar-refractivity contribution in [3.63, 3.8) is 0 Å². The lowest BCUT2D eigenvalue weighted by atomic mass is 10.1. The first-order valence-electron chi connectivity index (χ1n) is 6.59. The minimum Gasteiger partial charge on any atom is -0.338 e. The van der Waals surface area contributed by atoms with Gasteiger partial charge in [0, 0.05) is 24.7 Å². The molecule has 5 heteroatoms. The van der Waals surface area contributed by atoms with E-state index < -0.39 is 0 Å². The number of hydrogen-bond donors (Lipinski definition) is 1. The molecular weight excluding hydrogens is 240 g/mol. The minimum atomic E-state index is 0.277. The molecule has 0 saturated carbocycles. The predicted molar refractivity (Wildman–Crippen MR) is 72.3 cm³/mol. The average molecular weight is 258 g/mol. The van der Waals surface area contributed by atoms with E-state index in [1.807, 2.05) is 31.2 Å². The molecule has 0 spiro atoms. The lowest BCUT2D eigenvalue weighted by molar-refractivity contribution is 0.265. The lowest BCUT2D eigenvalue weighted by Gasteiger charge is -2.10. The van der Waals surface area contributed by atoms with E-state index in [9.17, 15) is 0 Å². The van der Waals surface area contributed by atoms with Crippen molar-refractivity contribution >= 4 is 0 Å². The van der Waals surface area contributed by atoms with E-state index in [0.717, 1.165) is 30.6 Å². The summed E-state index contributed by atoms with van der Waals surface area (Å²) in [6, 6.07) is 8.32. The van der Waals surface area contributed by atoms with Gasteiger partial charge < -0.3 is 10.3 Å². The number of likely N-dealkylation sites (tertiary alicyclic amines) is 1. The third-order valence-electron chi connectivity index (χ3n) is 3.52. The van der Waals surface area contributed by atoms with Crippen LogP contribution < -0.4 is 5.73 Å². The van der Waals surface area contributed by atoms with Crippen LogP contribution >= 0.6 is 0 Å². The van der Waals surface area contributed by atoms with Crippen LogP contribution in [-0.4, -0.2) is 34.2 Å². The first kappa shape index (κ1) is 12.3. The molecule has 3 rings (SSSR count). The fourth-order valence-electron chi connectivity index (χ4n) is 2.45. The molecule has 1 saturated heterocycles. The number of aromatic nitrogens is 2. The Morgan fingerprint density at radius 3 is 3.00 bits per heavy atom. The van der Waals surface area contributed by atoms with Gasteiger partial charge in [-0.2, -0.15) is 4.98 Å². The van der Waals surface area contributed by atoms with Gasteiger partial charge >= 0.3 is 0 Å². The predicted octanol–water partition coefficient (Wildman–Crippen LogP) is 1.58.